The summed E-state index contributed by atoms with van der Waals surface area (Å²) in [6.07, 6.45) is -1.26. The molecule has 0 bridgehead atoms. The second-order valence-electron chi connectivity index (χ2n) is 10.5. The van der Waals surface area contributed by atoms with Crippen LogP contribution in [0, 0.1) is 17.8 Å². The number of aliphatic hydroxyl groups excluding tert-OH is 2. The quantitative estimate of drug-likeness (QED) is 0.323. The van der Waals surface area contributed by atoms with E-state index >= 15 is 0 Å². The van der Waals surface area contributed by atoms with E-state index in [9.17, 15) is 34.8 Å². The summed E-state index contributed by atoms with van der Waals surface area (Å²) in [6, 6.07) is 6.96. The third-order valence-electron chi connectivity index (χ3n) is 7.88. The minimum absolute atomic E-state index is 0.0344. The molecule has 7 N–H and O–H groups in total. The molecule has 1 heterocycles. The molecular weight excluding hydrogens is 480 g/mol. The van der Waals surface area contributed by atoms with Crippen molar-refractivity contribution < 1.29 is 39.2 Å². The number of benzene rings is 1. The smallest absolute Gasteiger partial charge is 0.230 e. The highest BCUT2D eigenvalue weighted by Crippen LogP contribution is 2.52. The van der Waals surface area contributed by atoms with E-state index in [-0.39, 0.29) is 42.2 Å². The van der Waals surface area contributed by atoms with Crippen molar-refractivity contribution >= 4 is 23.2 Å². The maximum atomic E-state index is 13.6. The molecular formula is C27H30N2O8. The summed E-state index contributed by atoms with van der Waals surface area (Å²) < 4.78 is 6.01. The van der Waals surface area contributed by atoms with Crippen molar-refractivity contribution in [1.29, 1.82) is 0 Å². The number of nitrogens with two attached hydrogens (primary N) is 1. The lowest BCUT2D eigenvalue weighted by molar-refractivity contribution is -0.174. The van der Waals surface area contributed by atoms with E-state index in [4.69, 9.17) is 10.2 Å². The molecule has 37 heavy (non-hydrogen) atoms. The van der Waals surface area contributed by atoms with Crippen molar-refractivity contribution in [3.05, 3.63) is 46.7 Å². The molecule has 0 spiro atoms. The number of fused-ring (bicyclic) bond motifs is 3. The number of amides is 1. The molecule has 5 atom stereocenters. The van der Waals surface area contributed by atoms with Crippen LogP contribution in [0.5, 0.6) is 5.75 Å². The van der Waals surface area contributed by atoms with Crippen LogP contribution in [0.25, 0.3) is 17.1 Å². The van der Waals surface area contributed by atoms with Gasteiger partial charge in [-0.2, -0.15) is 0 Å². The first-order chi connectivity index (χ1) is 17.4. The lowest BCUT2D eigenvalue weighted by Crippen LogP contribution is -2.66. The van der Waals surface area contributed by atoms with E-state index in [1.807, 2.05) is 19.9 Å². The summed E-state index contributed by atoms with van der Waals surface area (Å²) in [6.45, 7) is 4.56. The van der Waals surface area contributed by atoms with Gasteiger partial charge >= 0.3 is 0 Å². The molecule has 5 rings (SSSR count). The van der Waals surface area contributed by atoms with Gasteiger partial charge in [-0.1, -0.05) is 13.8 Å². The van der Waals surface area contributed by atoms with Crippen LogP contribution in [0.2, 0.25) is 0 Å². The number of carbonyl (C=O) groups excluding carboxylic acids is 3. The van der Waals surface area contributed by atoms with Crippen LogP contribution in [-0.4, -0.2) is 55.6 Å². The number of aliphatic hydroxyl groups is 3. The van der Waals surface area contributed by atoms with Crippen LogP contribution in [0.4, 0.5) is 0 Å². The molecule has 2 unspecified atom stereocenters. The number of hydrogen-bond donors (Lipinski definition) is 6. The van der Waals surface area contributed by atoms with Gasteiger partial charge in [0.2, 0.25) is 11.7 Å². The molecule has 10 nitrogen and oxygen atoms in total. The zero-order valence-corrected chi connectivity index (χ0v) is 20.5. The van der Waals surface area contributed by atoms with Crippen molar-refractivity contribution in [2.45, 2.75) is 57.4 Å². The molecule has 1 amide bonds. The Balaban J connectivity index is 1.58. The Morgan fingerprint density at radius 1 is 1.19 bits per heavy atom. The molecule has 10 heteroatoms. The number of aromatic hydroxyl groups is 1. The van der Waals surface area contributed by atoms with Crippen LogP contribution < -0.4 is 11.1 Å². The zero-order valence-electron chi connectivity index (χ0n) is 20.5. The topological polar surface area (TPSA) is 183 Å². The first-order valence-electron chi connectivity index (χ1n) is 12.3. The highest BCUT2D eigenvalue weighted by Gasteiger charge is 2.64. The molecule has 0 saturated heterocycles. The van der Waals surface area contributed by atoms with E-state index < -0.39 is 52.7 Å². The van der Waals surface area contributed by atoms with Gasteiger partial charge in [-0.05, 0) is 55.0 Å². The van der Waals surface area contributed by atoms with Crippen molar-refractivity contribution in [3.63, 3.8) is 0 Å². The van der Waals surface area contributed by atoms with Crippen LogP contribution >= 0.6 is 0 Å². The fraction of sp³-hybridized carbons (Fsp3) is 0.444. The highest BCUT2D eigenvalue weighted by atomic mass is 16.3. The van der Waals surface area contributed by atoms with Gasteiger partial charge < -0.3 is 35.9 Å². The van der Waals surface area contributed by atoms with Crippen molar-refractivity contribution in [3.8, 4) is 17.1 Å². The summed E-state index contributed by atoms with van der Waals surface area (Å²) in [7, 11) is 0. The lowest BCUT2D eigenvalue weighted by atomic mass is 9.56. The van der Waals surface area contributed by atoms with Crippen molar-refractivity contribution in [2.24, 2.45) is 23.5 Å². The number of Topliss-reactive ketones (excluding diaryl/α,β-unsaturated/α-hetero) is 2. The monoisotopic (exact) mass is 510 g/mol. The lowest BCUT2D eigenvalue weighted by Gasteiger charge is -2.48. The third-order valence-corrected chi connectivity index (χ3v) is 7.88. The van der Waals surface area contributed by atoms with E-state index in [1.54, 1.807) is 12.1 Å². The number of carbonyl (C=O) groups is 3. The third kappa shape index (κ3) is 3.78. The molecule has 3 aliphatic rings. The average molecular weight is 511 g/mol. The van der Waals surface area contributed by atoms with Crippen LogP contribution in [0.1, 0.15) is 43.6 Å². The minimum atomic E-state index is -2.59. The number of phenolic OH excluding ortho intramolecular Hbond substituents is 1. The van der Waals surface area contributed by atoms with E-state index in [0.717, 1.165) is 0 Å². The largest absolute Gasteiger partial charge is 0.507 e. The normalized spacial score (nSPS) is 29.2. The summed E-state index contributed by atoms with van der Waals surface area (Å²) in [4.78, 5) is 38.5. The number of primary amides is 1. The summed E-state index contributed by atoms with van der Waals surface area (Å²) >= 11 is 0. The Hall–Kier alpha value is -3.47. The van der Waals surface area contributed by atoms with Crippen LogP contribution in [0.3, 0.4) is 0 Å². The predicted octanol–water partition coefficient (Wildman–Crippen LogP) is 1.35. The van der Waals surface area contributed by atoms with Gasteiger partial charge in [0.1, 0.15) is 28.9 Å². The Bertz CT molecular complexity index is 1340. The Labute approximate surface area is 212 Å². The molecule has 2 fully saturated rings. The van der Waals surface area contributed by atoms with Crippen LogP contribution in [-0.2, 0) is 27.3 Å². The fourth-order valence-electron chi connectivity index (χ4n) is 6.08. The summed E-state index contributed by atoms with van der Waals surface area (Å²) in [5, 5.41) is 46.9. The number of ketones is 2. The molecule has 2 aromatic rings. The van der Waals surface area contributed by atoms with Crippen molar-refractivity contribution in [2.75, 3.05) is 0 Å². The number of rotatable bonds is 5. The Morgan fingerprint density at radius 3 is 2.59 bits per heavy atom. The second kappa shape index (κ2) is 8.83. The van der Waals surface area contributed by atoms with Gasteiger partial charge in [0.25, 0.3) is 0 Å². The van der Waals surface area contributed by atoms with Gasteiger partial charge in [0.05, 0.1) is 18.2 Å². The Morgan fingerprint density at radius 2 is 1.92 bits per heavy atom. The number of hydrogen-bond acceptors (Lipinski definition) is 9. The number of nitrogens with one attached hydrogen (secondary N) is 1. The van der Waals surface area contributed by atoms with Gasteiger partial charge in [-0.15, -0.1) is 0 Å². The molecule has 3 aliphatic carbocycles. The number of phenols is 1. The van der Waals surface area contributed by atoms with Crippen LogP contribution in [0.15, 0.2) is 34.3 Å². The highest BCUT2D eigenvalue weighted by molar-refractivity contribution is 6.24. The zero-order chi connectivity index (χ0) is 26.8. The second-order valence-corrected chi connectivity index (χ2v) is 10.5. The average Bonchev–Trinajstić information content (AvgIpc) is 3.28. The number of furan rings is 1. The van der Waals surface area contributed by atoms with Gasteiger partial charge in [0, 0.05) is 23.1 Å². The maximum Gasteiger partial charge on any atom is 0.230 e. The molecule has 0 aliphatic heterocycles. The standard InChI is InChI=1S/C27H30N2O8/c1-11(2)29-10-14-3-6-19(37-14)15-4-5-17(30)21-16(15)8-12-7-13-9-18(31)22(26(28)35)25(34)27(13,36)24(33)20(12)23(21)32/h3-6,11-13,18,22,29-32,36H,7-10H2,1-2H3,(H2,28,35)/t12-,13+,18?,22?,27+/m1/s1. The molecule has 1 aromatic carbocycles. The Kier molecular flexibility index (Phi) is 6.01. The molecule has 196 valence electrons. The molecule has 1 aromatic heterocycles. The van der Waals surface area contributed by atoms with Gasteiger partial charge in [0.15, 0.2) is 11.4 Å². The summed E-state index contributed by atoms with van der Waals surface area (Å²) in [5.41, 5.74) is 3.75. The molecule has 2 saturated carbocycles. The fourth-order valence-corrected chi connectivity index (χ4v) is 6.08. The van der Waals surface area contributed by atoms with Gasteiger partial charge in [-0.25, -0.2) is 0 Å². The first kappa shape index (κ1) is 25.2. The van der Waals surface area contributed by atoms with E-state index in [2.05, 4.69) is 5.32 Å². The predicted molar refractivity (Wildman–Crippen MR) is 131 cm³/mol. The van der Waals surface area contributed by atoms with Crippen molar-refractivity contribution in [1.82, 2.24) is 5.32 Å². The van der Waals surface area contributed by atoms with E-state index in [0.29, 0.717) is 29.2 Å². The SMILES string of the molecule is CC(C)NCc1ccc(-c2ccc(O)c3c2C[C@H]2C[C@H]4CC(O)C(C(N)=O)C(=O)[C@@]4(O)C(=O)C2=C3O)o1. The molecule has 0 radical (unpaired) electrons. The van der Waals surface area contributed by atoms with E-state index in [1.165, 1.54) is 6.07 Å². The first-order valence-corrected chi connectivity index (χ1v) is 12.3. The maximum absolute atomic E-state index is 13.6. The minimum Gasteiger partial charge on any atom is -0.507 e. The summed E-state index contributed by atoms with van der Waals surface area (Å²) in [5.74, 6) is -6.14. The van der Waals surface area contributed by atoms with Gasteiger partial charge in [-0.3, -0.25) is 14.4 Å².